The predicted octanol–water partition coefficient (Wildman–Crippen LogP) is 3.40. The molecule has 4 heterocycles. The fourth-order valence-electron chi connectivity index (χ4n) is 3.54. The maximum Gasteiger partial charge on any atom is 0.268 e. The van der Waals surface area contributed by atoms with Gasteiger partial charge in [0.25, 0.3) is 5.56 Å². The summed E-state index contributed by atoms with van der Waals surface area (Å²) in [5, 5.41) is 8.52. The Balaban J connectivity index is 1.96. The van der Waals surface area contributed by atoms with Crippen LogP contribution in [0.2, 0.25) is 5.02 Å². The molecule has 0 aliphatic carbocycles. The average Bonchev–Trinajstić information content (AvgIpc) is 3.17. The molecule has 0 amide bonds. The van der Waals surface area contributed by atoms with E-state index in [0.717, 1.165) is 35.3 Å². The van der Waals surface area contributed by atoms with Crippen molar-refractivity contribution < 1.29 is 0 Å². The van der Waals surface area contributed by atoms with Gasteiger partial charge in [-0.15, -0.1) is 16.4 Å². The predicted molar refractivity (Wildman–Crippen MR) is 106 cm³/mol. The topological polar surface area (TPSA) is 58.3 Å². The Morgan fingerprint density at radius 1 is 1.31 bits per heavy atom. The summed E-state index contributed by atoms with van der Waals surface area (Å²) in [5.41, 5.74) is 1.79. The Hall–Kier alpha value is -2.00. The highest BCUT2D eigenvalue weighted by Crippen LogP contribution is 2.34. The van der Waals surface area contributed by atoms with Crippen molar-refractivity contribution in [1.82, 2.24) is 24.1 Å². The lowest BCUT2D eigenvalue weighted by atomic mass is 10.1. The van der Waals surface area contributed by atoms with Gasteiger partial charge < -0.3 is 4.90 Å². The number of thiophene rings is 1. The van der Waals surface area contributed by atoms with Crippen molar-refractivity contribution >= 4 is 51.1 Å². The van der Waals surface area contributed by atoms with Gasteiger partial charge >= 0.3 is 0 Å². The number of nitrogens with one attached hydrogen (secondary N) is 1. The van der Waals surface area contributed by atoms with Crippen LogP contribution in [0, 0.1) is 4.77 Å². The largest absolute Gasteiger partial charge is 0.301 e. The van der Waals surface area contributed by atoms with Crippen molar-refractivity contribution in [1.29, 1.82) is 0 Å². The Morgan fingerprint density at radius 3 is 2.85 bits per heavy atom. The molecule has 0 saturated heterocycles. The zero-order valence-corrected chi connectivity index (χ0v) is 16.2. The van der Waals surface area contributed by atoms with Crippen LogP contribution in [0.3, 0.4) is 0 Å². The molecule has 132 valence electrons. The number of hydrogen-bond acceptors (Lipinski definition) is 5. The van der Waals surface area contributed by atoms with E-state index < -0.39 is 0 Å². The van der Waals surface area contributed by atoms with Gasteiger partial charge in [-0.1, -0.05) is 11.6 Å². The smallest absolute Gasteiger partial charge is 0.268 e. The molecule has 6 nitrogen and oxygen atoms in total. The van der Waals surface area contributed by atoms with Gasteiger partial charge in [-0.25, -0.2) is 14.1 Å². The maximum absolute atomic E-state index is 13.5. The number of rotatable bonds is 1. The summed E-state index contributed by atoms with van der Waals surface area (Å²) < 4.78 is 3.96. The maximum atomic E-state index is 13.5. The zero-order valence-electron chi connectivity index (χ0n) is 13.8. The summed E-state index contributed by atoms with van der Waals surface area (Å²) in [6.45, 7) is 1.79. The molecule has 0 spiro atoms. The molecular formula is C17H14ClN5OS2. The van der Waals surface area contributed by atoms with Crippen LogP contribution < -0.4 is 5.56 Å². The van der Waals surface area contributed by atoms with Gasteiger partial charge in [0.2, 0.25) is 10.5 Å². The monoisotopic (exact) mass is 403 g/mol. The fraction of sp³-hybridized carbons (Fsp3) is 0.235. The molecule has 0 fully saturated rings. The number of likely N-dealkylation sites (N-methyl/N-ethyl adjacent to an activating group) is 1. The van der Waals surface area contributed by atoms with E-state index in [1.165, 1.54) is 4.88 Å². The van der Waals surface area contributed by atoms with Crippen LogP contribution in [0.4, 0.5) is 0 Å². The lowest BCUT2D eigenvalue weighted by molar-refractivity contribution is 0.318. The number of nitrogens with zero attached hydrogens (tertiary/aromatic N) is 4. The number of hydrogen-bond donors (Lipinski definition) is 1. The molecule has 5 rings (SSSR count). The quantitative estimate of drug-likeness (QED) is 0.495. The van der Waals surface area contributed by atoms with Crippen LogP contribution in [0.1, 0.15) is 10.4 Å². The van der Waals surface area contributed by atoms with Gasteiger partial charge in [0.05, 0.1) is 11.1 Å². The molecule has 9 heteroatoms. The first kappa shape index (κ1) is 16.2. The lowest BCUT2D eigenvalue weighted by Gasteiger charge is -2.21. The summed E-state index contributed by atoms with van der Waals surface area (Å²) in [4.78, 5) is 17.8. The number of H-pyrrole nitrogens is 1. The van der Waals surface area contributed by atoms with E-state index in [1.807, 2.05) is 16.5 Å². The normalized spacial score (nSPS) is 15.0. The highest BCUT2D eigenvalue weighted by atomic mass is 35.5. The molecule has 0 radical (unpaired) electrons. The number of benzene rings is 1. The Bertz CT molecular complexity index is 1280. The van der Waals surface area contributed by atoms with Crippen LogP contribution in [0.25, 0.3) is 21.7 Å². The van der Waals surface area contributed by atoms with Crippen molar-refractivity contribution in [2.45, 2.75) is 13.0 Å². The van der Waals surface area contributed by atoms with Crippen molar-refractivity contribution in [3.63, 3.8) is 0 Å². The van der Waals surface area contributed by atoms with Gasteiger partial charge in [-0.3, -0.25) is 4.79 Å². The number of aromatic amines is 1. The number of halogens is 1. The molecule has 1 aliphatic heterocycles. The van der Waals surface area contributed by atoms with Crippen LogP contribution in [-0.4, -0.2) is 37.7 Å². The molecule has 0 unspecified atom stereocenters. The van der Waals surface area contributed by atoms with Crippen molar-refractivity contribution in [2.75, 3.05) is 13.6 Å². The van der Waals surface area contributed by atoms with Crippen LogP contribution in [0.5, 0.6) is 0 Å². The summed E-state index contributed by atoms with van der Waals surface area (Å²) in [5.74, 6) is 0.488. The third-order valence-electron chi connectivity index (χ3n) is 4.79. The molecule has 3 aromatic heterocycles. The SMILES string of the molecule is CN1CCc2c(sc3c2c(=O)n(-c2ccc(Cl)cc2)c2n[nH]c(=S)n32)C1. The molecule has 26 heavy (non-hydrogen) atoms. The first-order chi connectivity index (χ1) is 12.5. The van der Waals surface area contributed by atoms with E-state index in [4.69, 9.17) is 23.8 Å². The lowest BCUT2D eigenvalue weighted by Crippen LogP contribution is -2.27. The molecule has 4 aromatic rings. The summed E-state index contributed by atoms with van der Waals surface area (Å²) >= 11 is 13.1. The highest BCUT2D eigenvalue weighted by Gasteiger charge is 2.25. The third-order valence-corrected chi connectivity index (χ3v) is 6.52. The van der Waals surface area contributed by atoms with Crippen molar-refractivity contribution in [2.24, 2.45) is 0 Å². The summed E-state index contributed by atoms with van der Waals surface area (Å²) in [6.07, 6.45) is 0.859. The number of aromatic nitrogens is 4. The third kappa shape index (κ3) is 2.23. The second-order valence-electron chi connectivity index (χ2n) is 6.45. The van der Waals surface area contributed by atoms with Gasteiger partial charge in [0, 0.05) is 23.0 Å². The first-order valence-electron chi connectivity index (χ1n) is 8.15. The van der Waals surface area contributed by atoms with Crippen LogP contribution in [0.15, 0.2) is 29.1 Å². The number of fused-ring (bicyclic) bond motifs is 5. The minimum atomic E-state index is -0.0640. The first-order valence-corrected chi connectivity index (χ1v) is 9.76. The van der Waals surface area contributed by atoms with E-state index in [-0.39, 0.29) is 5.56 Å². The van der Waals surface area contributed by atoms with Crippen molar-refractivity contribution in [3.05, 3.63) is 54.9 Å². The molecule has 1 aromatic carbocycles. The van der Waals surface area contributed by atoms with E-state index >= 15 is 0 Å². The van der Waals surface area contributed by atoms with Gasteiger partial charge in [0.1, 0.15) is 4.83 Å². The molecule has 0 saturated carbocycles. The Labute approximate surface area is 162 Å². The van der Waals surface area contributed by atoms with Gasteiger partial charge in [-0.05, 0) is 55.5 Å². The average molecular weight is 404 g/mol. The van der Waals surface area contributed by atoms with E-state index in [0.29, 0.717) is 21.3 Å². The van der Waals surface area contributed by atoms with Gasteiger partial charge in [-0.2, -0.15) is 0 Å². The van der Waals surface area contributed by atoms with Crippen LogP contribution >= 0.6 is 35.2 Å². The molecule has 1 aliphatic rings. The molecule has 0 bridgehead atoms. The molecule has 1 N–H and O–H groups in total. The second-order valence-corrected chi connectivity index (χ2v) is 8.36. The Morgan fingerprint density at radius 2 is 2.08 bits per heavy atom. The van der Waals surface area contributed by atoms with Gasteiger partial charge in [0.15, 0.2) is 0 Å². The van der Waals surface area contributed by atoms with Crippen LogP contribution in [-0.2, 0) is 13.0 Å². The second kappa shape index (κ2) is 5.75. The Kier molecular flexibility index (Phi) is 3.58. The summed E-state index contributed by atoms with van der Waals surface area (Å²) in [7, 11) is 2.10. The fourth-order valence-corrected chi connectivity index (χ4v) is 5.37. The van der Waals surface area contributed by atoms with E-state index in [2.05, 4.69) is 22.1 Å². The van der Waals surface area contributed by atoms with E-state index in [9.17, 15) is 4.79 Å². The van der Waals surface area contributed by atoms with Crippen molar-refractivity contribution in [3.8, 4) is 5.69 Å². The highest BCUT2D eigenvalue weighted by molar-refractivity contribution is 7.71. The molecule has 0 atom stereocenters. The minimum absolute atomic E-state index is 0.0640. The van der Waals surface area contributed by atoms with E-state index in [1.54, 1.807) is 28.0 Å². The minimum Gasteiger partial charge on any atom is -0.301 e. The standard InChI is InChI=1S/C17H14ClN5OS2/c1-21-7-6-11-12(8-21)26-15-13(11)14(24)22(10-4-2-9(18)3-5-10)16-19-20-17(25)23(15)16/h2-5H,6-8H2,1H3,(H,20,25). The summed E-state index contributed by atoms with van der Waals surface area (Å²) in [6, 6.07) is 7.17. The molecular weight excluding hydrogens is 390 g/mol. The zero-order chi connectivity index (χ0) is 18.0.